The van der Waals surface area contributed by atoms with Gasteiger partial charge in [-0.1, -0.05) is 35.2 Å². The third kappa shape index (κ3) is 11.4. The van der Waals surface area contributed by atoms with Crippen molar-refractivity contribution in [1.29, 1.82) is 0 Å². The van der Waals surface area contributed by atoms with Crippen molar-refractivity contribution in [3.63, 3.8) is 0 Å². The van der Waals surface area contributed by atoms with Crippen molar-refractivity contribution in [2.75, 3.05) is 25.2 Å². The molecule has 9 nitrogen and oxygen atoms in total. The number of nitrogens with one attached hydrogen (secondary N) is 3. The first-order valence-electron chi connectivity index (χ1n) is 9.02. The SMILES string of the molecule is CN(C)C=O.Cc1cccc(Nc2nnc(SCC(=O)NC(=O)NC(C)(C)C)s2)c1. The van der Waals surface area contributed by atoms with Gasteiger partial charge in [-0.15, -0.1) is 10.2 Å². The fourth-order valence-corrected chi connectivity index (χ4v) is 3.40. The Bertz CT molecular complexity index is 849. The molecule has 0 aliphatic rings. The fraction of sp³-hybridized carbons (Fsp3) is 0.421. The Balaban J connectivity index is 0.000000804. The van der Waals surface area contributed by atoms with Crippen molar-refractivity contribution < 1.29 is 14.4 Å². The topological polar surface area (TPSA) is 116 Å². The molecule has 1 heterocycles. The number of carbonyl (C=O) groups excluding carboxylic acids is 3. The maximum atomic E-state index is 11.8. The summed E-state index contributed by atoms with van der Waals surface area (Å²) >= 11 is 2.59. The van der Waals surface area contributed by atoms with Gasteiger partial charge in [0.15, 0.2) is 4.34 Å². The van der Waals surface area contributed by atoms with E-state index < -0.39 is 11.6 Å². The van der Waals surface area contributed by atoms with Gasteiger partial charge in [-0.05, 0) is 45.4 Å². The molecule has 1 aromatic heterocycles. The Labute approximate surface area is 185 Å². The smallest absolute Gasteiger partial charge is 0.321 e. The lowest BCUT2D eigenvalue weighted by molar-refractivity contribution is -0.117. The summed E-state index contributed by atoms with van der Waals surface area (Å²) in [4.78, 5) is 34.3. The number of benzene rings is 1. The molecule has 0 bridgehead atoms. The molecule has 2 aromatic rings. The minimum Gasteiger partial charge on any atom is -0.351 e. The second-order valence-electron chi connectivity index (χ2n) is 7.48. The summed E-state index contributed by atoms with van der Waals surface area (Å²) < 4.78 is 0.654. The molecular formula is C19H28N6O3S2. The van der Waals surface area contributed by atoms with Crippen molar-refractivity contribution in [2.24, 2.45) is 0 Å². The number of aryl methyl sites for hydroxylation is 1. The van der Waals surface area contributed by atoms with Crippen molar-refractivity contribution in [1.82, 2.24) is 25.7 Å². The van der Waals surface area contributed by atoms with E-state index in [2.05, 4.69) is 26.1 Å². The van der Waals surface area contributed by atoms with Gasteiger partial charge < -0.3 is 15.5 Å². The number of hydrogen-bond donors (Lipinski definition) is 3. The van der Waals surface area contributed by atoms with Crippen LogP contribution in [0.4, 0.5) is 15.6 Å². The number of imide groups is 1. The summed E-state index contributed by atoms with van der Waals surface area (Å²) in [5, 5.41) is 16.9. The lowest BCUT2D eigenvalue weighted by Crippen LogP contribution is -2.48. The van der Waals surface area contributed by atoms with Crippen LogP contribution in [0.15, 0.2) is 28.6 Å². The fourth-order valence-electron chi connectivity index (χ4n) is 1.83. The third-order valence-corrected chi connectivity index (χ3v) is 4.93. The molecule has 0 saturated heterocycles. The Morgan fingerprint density at radius 2 is 1.90 bits per heavy atom. The van der Waals surface area contributed by atoms with E-state index in [1.54, 1.807) is 14.1 Å². The summed E-state index contributed by atoms with van der Waals surface area (Å²) in [6.45, 7) is 7.54. The van der Waals surface area contributed by atoms with Gasteiger partial charge in [-0.3, -0.25) is 14.9 Å². The molecular weight excluding hydrogens is 424 g/mol. The normalized spacial score (nSPS) is 10.3. The number of aromatic nitrogens is 2. The lowest BCUT2D eigenvalue weighted by Gasteiger charge is -2.20. The molecule has 30 heavy (non-hydrogen) atoms. The Morgan fingerprint density at radius 3 is 2.47 bits per heavy atom. The van der Waals surface area contributed by atoms with Crippen LogP contribution in [0, 0.1) is 6.92 Å². The molecule has 3 N–H and O–H groups in total. The van der Waals surface area contributed by atoms with Crippen LogP contribution in [0.25, 0.3) is 0 Å². The van der Waals surface area contributed by atoms with Gasteiger partial charge in [0.05, 0.1) is 5.75 Å². The van der Waals surface area contributed by atoms with E-state index in [1.165, 1.54) is 28.0 Å². The molecule has 0 aliphatic carbocycles. The van der Waals surface area contributed by atoms with E-state index in [4.69, 9.17) is 0 Å². The van der Waals surface area contributed by atoms with Gasteiger partial charge >= 0.3 is 6.03 Å². The molecule has 11 heteroatoms. The highest BCUT2D eigenvalue weighted by Crippen LogP contribution is 2.27. The lowest BCUT2D eigenvalue weighted by atomic mass is 10.1. The van der Waals surface area contributed by atoms with Crippen LogP contribution in [0.3, 0.4) is 0 Å². The molecule has 164 valence electrons. The number of nitrogens with zero attached hydrogens (tertiary/aromatic N) is 3. The summed E-state index contributed by atoms with van der Waals surface area (Å²) in [6.07, 6.45) is 0.750. The van der Waals surface area contributed by atoms with E-state index in [0.717, 1.165) is 17.7 Å². The second-order valence-corrected chi connectivity index (χ2v) is 9.68. The summed E-state index contributed by atoms with van der Waals surface area (Å²) in [5.41, 5.74) is 1.69. The Hall–Kier alpha value is -2.66. The molecule has 0 spiro atoms. The average molecular weight is 453 g/mol. The largest absolute Gasteiger partial charge is 0.351 e. The molecule has 4 amide bonds. The predicted molar refractivity (Wildman–Crippen MR) is 121 cm³/mol. The molecule has 0 aliphatic heterocycles. The van der Waals surface area contributed by atoms with Crippen LogP contribution in [0.5, 0.6) is 0 Å². The first-order valence-corrected chi connectivity index (χ1v) is 10.8. The molecule has 0 saturated carbocycles. The van der Waals surface area contributed by atoms with E-state index in [-0.39, 0.29) is 11.7 Å². The van der Waals surface area contributed by atoms with Gasteiger partial charge in [-0.2, -0.15) is 0 Å². The number of amides is 4. The minimum atomic E-state index is -0.503. The second kappa shape index (κ2) is 12.1. The minimum absolute atomic E-state index is 0.0939. The van der Waals surface area contributed by atoms with Crippen LogP contribution < -0.4 is 16.0 Å². The highest BCUT2D eigenvalue weighted by Gasteiger charge is 2.16. The van der Waals surface area contributed by atoms with Crippen LogP contribution in [0.1, 0.15) is 26.3 Å². The molecule has 1 aromatic carbocycles. The van der Waals surface area contributed by atoms with Crippen molar-refractivity contribution in [3.8, 4) is 0 Å². The summed E-state index contributed by atoms with van der Waals surface area (Å²) in [6, 6.07) is 7.43. The Morgan fingerprint density at radius 1 is 1.23 bits per heavy atom. The number of carbonyl (C=O) groups is 3. The van der Waals surface area contributed by atoms with E-state index >= 15 is 0 Å². The van der Waals surface area contributed by atoms with E-state index in [0.29, 0.717) is 9.47 Å². The van der Waals surface area contributed by atoms with Crippen molar-refractivity contribution in [3.05, 3.63) is 29.8 Å². The number of urea groups is 1. The van der Waals surface area contributed by atoms with Crippen LogP contribution >= 0.6 is 23.1 Å². The number of thioether (sulfide) groups is 1. The van der Waals surface area contributed by atoms with E-state index in [1.807, 2.05) is 52.0 Å². The standard InChI is InChI=1S/C16H21N5O2S2.C3H7NO/c1-10-6-5-7-11(8-10)17-14-20-21-15(25-14)24-9-12(22)18-13(23)19-16(2,3)4;1-4(2)3-5/h5-8H,9H2,1-4H3,(H,17,20)(H2,18,19,22,23);3H,1-2H3. The van der Waals surface area contributed by atoms with Gasteiger partial charge in [0.25, 0.3) is 0 Å². The summed E-state index contributed by atoms with van der Waals surface area (Å²) in [7, 11) is 3.38. The van der Waals surface area contributed by atoms with Gasteiger partial charge in [0.1, 0.15) is 0 Å². The highest BCUT2D eigenvalue weighted by molar-refractivity contribution is 8.01. The molecule has 0 atom stereocenters. The van der Waals surface area contributed by atoms with Crippen LogP contribution in [0.2, 0.25) is 0 Å². The van der Waals surface area contributed by atoms with Gasteiger partial charge in [0, 0.05) is 25.3 Å². The zero-order valence-electron chi connectivity index (χ0n) is 18.0. The summed E-state index contributed by atoms with van der Waals surface area (Å²) in [5.74, 6) is -0.286. The van der Waals surface area contributed by atoms with E-state index in [9.17, 15) is 14.4 Å². The maximum Gasteiger partial charge on any atom is 0.321 e. The van der Waals surface area contributed by atoms with Crippen molar-refractivity contribution in [2.45, 2.75) is 37.6 Å². The first-order chi connectivity index (χ1) is 14.0. The van der Waals surface area contributed by atoms with Crippen molar-refractivity contribution >= 4 is 52.3 Å². The predicted octanol–water partition coefficient (Wildman–Crippen LogP) is 3.01. The number of anilines is 2. The number of hydrogen-bond acceptors (Lipinski definition) is 8. The third-order valence-electron chi connectivity index (χ3n) is 2.95. The zero-order chi connectivity index (χ0) is 22.7. The van der Waals surface area contributed by atoms with Gasteiger partial charge in [-0.25, -0.2) is 4.79 Å². The zero-order valence-corrected chi connectivity index (χ0v) is 19.6. The molecule has 2 rings (SSSR count). The van der Waals surface area contributed by atoms with Crippen LogP contribution in [-0.2, 0) is 9.59 Å². The molecule has 0 fully saturated rings. The quantitative estimate of drug-likeness (QED) is 0.456. The maximum absolute atomic E-state index is 11.8. The number of rotatable bonds is 6. The molecule has 0 unspecified atom stereocenters. The first kappa shape index (κ1) is 25.4. The van der Waals surface area contributed by atoms with Gasteiger partial charge in [0.2, 0.25) is 17.4 Å². The monoisotopic (exact) mass is 452 g/mol. The Kier molecular flexibility index (Phi) is 10.3. The highest BCUT2D eigenvalue weighted by atomic mass is 32.2. The molecule has 0 radical (unpaired) electrons. The van der Waals surface area contributed by atoms with Crippen LogP contribution in [-0.4, -0.2) is 58.8 Å². The average Bonchev–Trinajstić information content (AvgIpc) is 3.06.